The molecule has 0 heterocycles. The van der Waals surface area contributed by atoms with Gasteiger partial charge in [0.1, 0.15) is 0 Å². The van der Waals surface area contributed by atoms with E-state index in [9.17, 15) is 16.8 Å². The first-order chi connectivity index (χ1) is 9.83. The molecule has 0 rings (SSSR count). The van der Waals surface area contributed by atoms with Gasteiger partial charge < -0.3 is 0 Å². The van der Waals surface area contributed by atoms with Crippen molar-refractivity contribution in [2.75, 3.05) is 24.7 Å². The molecule has 0 fully saturated rings. The average Bonchev–Trinajstić information content (AvgIpc) is 2.36. The highest BCUT2D eigenvalue weighted by Crippen LogP contribution is 2.06. The molecule has 0 aliphatic rings. The van der Waals surface area contributed by atoms with Crippen molar-refractivity contribution < 1.29 is 25.2 Å². The Morgan fingerprint density at radius 2 is 1.00 bits per heavy atom. The van der Waals surface area contributed by atoms with Crippen LogP contribution in [-0.2, 0) is 28.6 Å². The van der Waals surface area contributed by atoms with Gasteiger partial charge in [0.05, 0.1) is 24.7 Å². The molecule has 0 saturated heterocycles. The first kappa shape index (κ1) is 20.3. The predicted octanol–water partition coefficient (Wildman–Crippen LogP) is 2.00. The summed E-state index contributed by atoms with van der Waals surface area (Å²) in [6.07, 6.45) is 6.38. The van der Waals surface area contributed by atoms with E-state index >= 15 is 0 Å². The summed E-state index contributed by atoms with van der Waals surface area (Å²) >= 11 is 0. The van der Waals surface area contributed by atoms with Gasteiger partial charge in [0.2, 0.25) is 0 Å². The van der Waals surface area contributed by atoms with E-state index in [0.717, 1.165) is 19.3 Å². The van der Waals surface area contributed by atoms with Crippen LogP contribution in [0.25, 0.3) is 0 Å². The molecule has 0 spiro atoms. The summed E-state index contributed by atoms with van der Waals surface area (Å²) in [6.45, 7) is 7.02. The normalized spacial score (nSPS) is 12.2. The Hall–Kier alpha value is -0.700. The zero-order valence-corrected chi connectivity index (χ0v) is 13.8. The van der Waals surface area contributed by atoms with Crippen molar-refractivity contribution in [2.24, 2.45) is 0 Å². The number of hydrogen-bond donors (Lipinski definition) is 0. The summed E-state index contributed by atoms with van der Waals surface area (Å²) in [5.41, 5.74) is 0. The van der Waals surface area contributed by atoms with Crippen molar-refractivity contribution in [1.29, 1.82) is 0 Å². The van der Waals surface area contributed by atoms with E-state index < -0.39 is 20.2 Å². The van der Waals surface area contributed by atoms with Crippen LogP contribution in [0, 0.1) is 0 Å². The van der Waals surface area contributed by atoms with Gasteiger partial charge in [0.15, 0.2) is 0 Å². The number of hydrogen-bond acceptors (Lipinski definition) is 6. The second-order valence-corrected chi connectivity index (χ2v) is 7.81. The van der Waals surface area contributed by atoms with Gasteiger partial charge in [-0.1, -0.05) is 31.4 Å². The van der Waals surface area contributed by atoms with E-state index in [2.05, 4.69) is 13.2 Å². The van der Waals surface area contributed by atoms with Crippen LogP contribution in [0.4, 0.5) is 0 Å². The molecule has 0 aromatic carbocycles. The minimum atomic E-state index is -3.47. The van der Waals surface area contributed by atoms with E-state index in [1.54, 1.807) is 0 Å². The predicted molar refractivity (Wildman–Crippen MR) is 83.0 cm³/mol. The van der Waals surface area contributed by atoms with Crippen LogP contribution in [0.3, 0.4) is 0 Å². The summed E-state index contributed by atoms with van der Waals surface area (Å²) in [4.78, 5) is 0. The van der Waals surface area contributed by atoms with E-state index in [1.807, 2.05) is 0 Å². The van der Waals surface area contributed by atoms with Crippen molar-refractivity contribution in [2.45, 2.75) is 32.1 Å². The Morgan fingerprint density at radius 3 is 1.33 bits per heavy atom. The van der Waals surface area contributed by atoms with Gasteiger partial charge in [-0.15, -0.1) is 13.2 Å². The highest BCUT2D eigenvalue weighted by atomic mass is 32.2. The van der Waals surface area contributed by atoms with E-state index in [0.29, 0.717) is 12.8 Å². The molecule has 0 N–H and O–H groups in total. The highest BCUT2D eigenvalue weighted by Gasteiger charge is 2.08. The third-order valence-corrected chi connectivity index (χ3v) is 4.80. The van der Waals surface area contributed by atoms with Crippen molar-refractivity contribution >= 4 is 20.2 Å². The van der Waals surface area contributed by atoms with Crippen molar-refractivity contribution in [1.82, 2.24) is 0 Å². The van der Waals surface area contributed by atoms with Crippen molar-refractivity contribution in [3.05, 3.63) is 25.3 Å². The molecule has 124 valence electrons. The molecule has 0 aromatic heterocycles. The molecule has 0 atom stereocenters. The summed E-state index contributed by atoms with van der Waals surface area (Å²) in [7, 11) is -6.94. The van der Waals surface area contributed by atoms with Crippen LogP contribution in [0.15, 0.2) is 25.3 Å². The summed E-state index contributed by atoms with van der Waals surface area (Å²) in [6, 6.07) is 0. The number of unbranched alkanes of at least 4 members (excludes halogenated alkanes) is 4. The molecule has 0 bridgehead atoms. The third-order valence-electron chi connectivity index (χ3n) is 2.46. The molecular weight excluding hydrogens is 316 g/mol. The lowest BCUT2D eigenvalue weighted by Gasteiger charge is -2.04. The fraction of sp³-hybridized carbons (Fsp3) is 0.692. The van der Waals surface area contributed by atoms with Crippen molar-refractivity contribution in [3.8, 4) is 0 Å². The molecular formula is C13H24O6S2. The van der Waals surface area contributed by atoms with E-state index in [4.69, 9.17) is 8.37 Å². The third kappa shape index (κ3) is 12.7. The molecule has 21 heavy (non-hydrogen) atoms. The first-order valence-electron chi connectivity index (χ1n) is 6.79. The summed E-state index contributed by atoms with van der Waals surface area (Å²) in [5, 5.41) is 0. The lowest BCUT2D eigenvalue weighted by molar-refractivity contribution is 0.298. The van der Waals surface area contributed by atoms with Gasteiger partial charge in [0, 0.05) is 0 Å². The summed E-state index contributed by atoms with van der Waals surface area (Å²) < 4.78 is 54.2. The molecule has 0 aliphatic heterocycles. The standard InChI is InChI=1S/C13H24O6S2/c1-3-12-20(14,15)18-10-8-6-5-7-9-11-19-21(16,17)13-4-2/h3-4H,1-2,5-13H2. The molecule has 0 unspecified atom stereocenters. The molecule has 0 aliphatic carbocycles. The minimum Gasteiger partial charge on any atom is -0.270 e. The zero-order valence-electron chi connectivity index (χ0n) is 12.2. The molecule has 0 aromatic rings. The monoisotopic (exact) mass is 340 g/mol. The van der Waals surface area contributed by atoms with Gasteiger partial charge in [-0.2, -0.15) is 16.8 Å². The van der Waals surface area contributed by atoms with Gasteiger partial charge >= 0.3 is 0 Å². The lowest BCUT2D eigenvalue weighted by atomic mass is 10.2. The van der Waals surface area contributed by atoms with Crippen LogP contribution >= 0.6 is 0 Å². The highest BCUT2D eigenvalue weighted by molar-refractivity contribution is 7.87. The summed E-state index contributed by atoms with van der Waals surface area (Å²) in [5.74, 6) is -0.354. The number of rotatable bonds is 14. The Balaban J connectivity index is 3.49. The fourth-order valence-corrected chi connectivity index (χ4v) is 3.00. The van der Waals surface area contributed by atoms with Gasteiger partial charge in [-0.05, 0) is 12.8 Å². The molecule has 0 amide bonds. The molecule has 0 saturated carbocycles. The van der Waals surface area contributed by atoms with Gasteiger partial charge in [-0.3, -0.25) is 8.37 Å². The minimum absolute atomic E-state index is 0.167. The van der Waals surface area contributed by atoms with Crippen LogP contribution in [-0.4, -0.2) is 41.6 Å². The van der Waals surface area contributed by atoms with Crippen LogP contribution in [0.2, 0.25) is 0 Å². The van der Waals surface area contributed by atoms with Crippen LogP contribution in [0.5, 0.6) is 0 Å². The Morgan fingerprint density at radius 1 is 0.667 bits per heavy atom. The SMILES string of the molecule is C=CCS(=O)(=O)OCCCCCCCOS(=O)(=O)CC=C. The maximum atomic E-state index is 11.2. The lowest BCUT2D eigenvalue weighted by Crippen LogP contribution is -2.10. The smallest absolute Gasteiger partial charge is 0.270 e. The molecule has 8 heteroatoms. The second-order valence-electron chi connectivity index (χ2n) is 4.44. The van der Waals surface area contributed by atoms with Crippen LogP contribution < -0.4 is 0 Å². The first-order valence-corrected chi connectivity index (χ1v) is 9.94. The Kier molecular flexibility index (Phi) is 10.6. The van der Waals surface area contributed by atoms with Gasteiger partial charge in [0.25, 0.3) is 20.2 Å². The van der Waals surface area contributed by atoms with Gasteiger partial charge in [-0.25, -0.2) is 0 Å². The topological polar surface area (TPSA) is 86.7 Å². The van der Waals surface area contributed by atoms with E-state index in [1.165, 1.54) is 12.2 Å². The Labute approximate surface area is 128 Å². The second kappa shape index (κ2) is 10.9. The fourth-order valence-electron chi connectivity index (χ4n) is 1.49. The average molecular weight is 340 g/mol. The zero-order chi connectivity index (χ0) is 16.2. The Bertz CT molecular complexity index is 447. The largest absolute Gasteiger partial charge is 0.270 e. The molecule has 6 nitrogen and oxygen atoms in total. The van der Waals surface area contributed by atoms with E-state index in [-0.39, 0.29) is 24.7 Å². The quantitative estimate of drug-likeness (QED) is 0.273. The maximum absolute atomic E-state index is 11.2. The maximum Gasteiger partial charge on any atom is 0.270 e. The van der Waals surface area contributed by atoms with Crippen LogP contribution in [0.1, 0.15) is 32.1 Å². The molecule has 0 radical (unpaired) electrons. The van der Waals surface area contributed by atoms with Crippen molar-refractivity contribution in [3.63, 3.8) is 0 Å².